The highest BCUT2D eigenvalue weighted by atomic mass is 32.2. The number of primary sulfonamides is 1. The smallest absolute Gasteiger partial charge is 0.254 e. The highest BCUT2D eigenvalue weighted by Gasteiger charge is 2.31. The number of benzene rings is 1. The molecule has 0 spiro atoms. The molecule has 2 N–H and O–H groups in total. The Hall–Kier alpha value is -1.40. The van der Waals surface area contributed by atoms with Gasteiger partial charge in [0.15, 0.2) is 0 Å². The summed E-state index contributed by atoms with van der Waals surface area (Å²) in [4.78, 5) is 14.1. The molecule has 1 saturated heterocycles. The molecule has 20 heavy (non-hydrogen) atoms. The van der Waals surface area contributed by atoms with Gasteiger partial charge in [-0.05, 0) is 30.9 Å². The maximum absolute atomic E-state index is 12.5. The summed E-state index contributed by atoms with van der Waals surface area (Å²) in [5.74, 6) is -0.101. The number of aryl methyl sites for hydroxylation is 1. The van der Waals surface area contributed by atoms with Crippen molar-refractivity contribution in [3.05, 3.63) is 35.4 Å². The first-order valence-corrected chi connectivity index (χ1v) is 8.43. The Morgan fingerprint density at radius 2 is 2.10 bits per heavy atom. The van der Waals surface area contributed by atoms with Crippen LogP contribution in [0, 0.1) is 0 Å². The lowest BCUT2D eigenvalue weighted by molar-refractivity contribution is 0.0726. The van der Waals surface area contributed by atoms with Crippen molar-refractivity contribution in [2.24, 2.45) is 5.14 Å². The van der Waals surface area contributed by atoms with E-state index in [0.29, 0.717) is 24.9 Å². The number of hydrogen-bond acceptors (Lipinski definition) is 3. The summed E-state index contributed by atoms with van der Waals surface area (Å²) in [6, 6.07) is 7.45. The Labute approximate surface area is 119 Å². The van der Waals surface area contributed by atoms with Crippen molar-refractivity contribution in [2.75, 3.05) is 13.1 Å². The standard InChI is InChI=1S/C14H20N2O3S/c1-2-11-6-3-4-8-13(11)14(17)16-9-5-7-12(10-16)20(15,18)19/h3-4,6,8,12H,2,5,7,9-10H2,1H3,(H2,15,18,19). The highest BCUT2D eigenvalue weighted by molar-refractivity contribution is 7.89. The number of sulfonamides is 1. The van der Waals surface area contributed by atoms with E-state index in [2.05, 4.69) is 0 Å². The third-order valence-corrected chi connectivity index (χ3v) is 5.07. The van der Waals surface area contributed by atoms with E-state index in [0.717, 1.165) is 12.0 Å². The quantitative estimate of drug-likeness (QED) is 0.908. The number of hydrogen-bond donors (Lipinski definition) is 1. The second kappa shape index (κ2) is 5.93. The maximum atomic E-state index is 12.5. The minimum atomic E-state index is -3.58. The van der Waals surface area contributed by atoms with Crippen LogP contribution in [0.3, 0.4) is 0 Å². The Morgan fingerprint density at radius 1 is 1.40 bits per heavy atom. The van der Waals surface area contributed by atoms with E-state index in [9.17, 15) is 13.2 Å². The van der Waals surface area contributed by atoms with Crippen molar-refractivity contribution >= 4 is 15.9 Å². The fourth-order valence-electron chi connectivity index (χ4n) is 2.60. The van der Waals surface area contributed by atoms with Gasteiger partial charge in [-0.1, -0.05) is 25.1 Å². The van der Waals surface area contributed by atoms with E-state index in [1.54, 1.807) is 11.0 Å². The number of likely N-dealkylation sites (tertiary alicyclic amines) is 1. The topological polar surface area (TPSA) is 80.5 Å². The highest BCUT2D eigenvalue weighted by Crippen LogP contribution is 2.19. The van der Waals surface area contributed by atoms with E-state index in [4.69, 9.17) is 5.14 Å². The van der Waals surface area contributed by atoms with Gasteiger partial charge in [-0.3, -0.25) is 4.79 Å². The average Bonchev–Trinajstić information content (AvgIpc) is 2.45. The molecule has 1 atom stereocenters. The summed E-state index contributed by atoms with van der Waals surface area (Å²) in [7, 11) is -3.58. The van der Waals surface area contributed by atoms with Crippen molar-refractivity contribution in [2.45, 2.75) is 31.4 Å². The van der Waals surface area contributed by atoms with Crippen LogP contribution in [0.2, 0.25) is 0 Å². The molecule has 1 unspecified atom stereocenters. The third kappa shape index (κ3) is 3.19. The van der Waals surface area contributed by atoms with Crippen LogP contribution >= 0.6 is 0 Å². The molecule has 6 heteroatoms. The zero-order valence-electron chi connectivity index (χ0n) is 11.6. The van der Waals surface area contributed by atoms with Crippen LogP contribution in [0.5, 0.6) is 0 Å². The number of nitrogens with two attached hydrogens (primary N) is 1. The Morgan fingerprint density at radius 3 is 2.75 bits per heavy atom. The van der Waals surface area contributed by atoms with Crippen molar-refractivity contribution in [3.8, 4) is 0 Å². The lowest BCUT2D eigenvalue weighted by Gasteiger charge is -2.32. The molecular weight excluding hydrogens is 276 g/mol. The van der Waals surface area contributed by atoms with Crippen molar-refractivity contribution < 1.29 is 13.2 Å². The van der Waals surface area contributed by atoms with Crippen molar-refractivity contribution in [1.29, 1.82) is 0 Å². The molecule has 1 aromatic rings. The normalized spacial score (nSPS) is 19.9. The van der Waals surface area contributed by atoms with Crippen molar-refractivity contribution in [1.82, 2.24) is 4.90 Å². The molecule has 110 valence electrons. The predicted molar refractivity (Wildman–Crippen MR) is 77.9 cm³/mol. The van der Waals surface area contributed by atoms with Crippen molar-refractivity contribution in [3.63, 3.8) is 0 Å². The van der Waals surface area contributed by atoms with E-state index >= 15 is 0 Å². The first kappa shape index (κ1) is 15.0. The van der Waals surface area contributed by atoms with E-state index in [1.165, 1.54) is 0 Å². The van der Waals surface area contributed by atoms with Gasteiger partial charge in [-0.25, -0.2) is 13.6 Å². The Kier molecular flexibility index (Phi) is 4.45. The molecule has 1 heterocycles. The maximum Gasteiger partial charge on any atom is 0.254 e. The number of carbonyl (C=O) groups excluding carboxylic acids is 1. The van der Waals surface area contributed by atoms with Gasteiger partial charge >= 0.3 is 0 Å². The second-order valence-electron chi connectivity index (χ2n) is 5.12. The van der Waals surface area contributed by atoms with Gasteiger partial charge < -0.3 is 4.90 Å². The lowest BCUT2D eigenvalue weighted by atomic mass is 10.0. The molecule has 1 amide bonds. The van der Waals surface area contributed by atoms with E-state index in [-0.39, 0.29) is 12.5 Å². The van der Waals surface area contributed by atoms with Crippen LogP contribution < -0.4 is 5.14 Å². The molecule has 0 bridgehead atoms. The molecule has 1 aliphatic heterocycles. The molecule has 0 radical (unpaired) electrons. The van der Waals surface area contributed by atoms with Gasteiger partial charge in [0.25, 0.3) is 5.91 Å². The van der Waals surface area contributed by atoms with Crippen LogP contribution in [0.1, 0.15) is 35.7 Å². The Balaban J connectivity index is 2.21. The zero-order valence-corrected chi connectivity index (χ0v) is 12.4. The molecule has 1 aliphatic rings. The summed E-state index contributed by atoms with van der Waals surface area (Å²) in [5.41, 5.74) is 1.64. The van der Waals surface area contributed by atoms with Crippen LogP contribution in [0.4, 0.5) is 0 Å². The van der Waals surface area contributed by atoms with Gasteiger partial charge in [0, 0.05) is 18.7 Å². The summed E-state index contributed by atoms with van der Waals surface area (Å²) < 4.78 is 22.9. The molecule has 1 fully saturated rings. The second-order valence-corrected chi connectivity index (χ2v) is 6.96. The van der Waals surface area contributed by atoms with Gasteiger partial charge in [0.05, 0.1) is 5.25 Å². The van der Waals surface area contributed by atoms with E-state index in [1.807, 2.05) is 25.1 Å². The fourth-order valence-corrected chi connectivity index (χ4v) is 3.48. The molecule has 1 aromatic carbocycles. The third-order valence-electron chi connectivity index (χ3n) is 3.76. The number of piperidine rings is 1. The molecule has 0 aliphatic carbocycles. The van der Waals surface area contributed by atoms with Gasteiger partial charge in [0.1, 0.15) is 0 Å². The number of carbonyl (C=O) groups is 1. The monoisotopic (exact) mass is 296 g/mol. The van der Waals surface area contributed by atoms with Gasteiger partial charge in [0.2, 0.25) is 10.0 Å². The molecule has 2 rings (SSSR count). The van der Waals surface area contributed by atoms with E-state index < -0.39 is 15.3 Å². The Bertz CT molecular complexity index is 598. The minimum Gasteiger partial charge on any atom is -0.337 e. The van der Waals surface area contributed by atoms with Crippen LogP contribution in [0.25, 0.3) is 0 Å². The first-order valence-electron chi connectivity index (χ1n) is 6.82. The summed E-state index contributed by atoms with van der Waals surface area (Å²) in [5, 5.41) is 4.56. The molecule has 0 aromatic heterocycles. The molecule has 0 saturated carbocycles. The SMILES string of the molecule is CCc1ccccc1C(=O)N1CCCC(S(N)(=O)=O)C1. The molecular formula is C14H20N2O3S. The summed E-state index contributed by atoms with van der Waals surface area (Å²) in [6.07, 6.45) is 1.97. The summed E-state index contributed by atoms with van der Waals surface area (Å²) in [6.45, 7) is 2.77. The number of amides is 1. The zero-order chi connectivity index (χ0) is 14.8. The number of rotatable bonds is 3. The van der Waals surface area contributed by atoms with Gasteiger partial charge in [-0.2, -0.15) is 0 Å². The largest absolute Gasteiger partial charge is 0.337 e. The fraction of sp³-hybridized carbons (Fsp3) is 0.500. The lowest BCUT2D eigenvalue weighted by Crippen LogP contribution is -2.47. The first-order chi connectivity index (χ1) is 9.43. The van der Waals surface area contributed by atoms with Crippen LogP contribution in [-0.4, -0.2) is 37.6 Å². The summed E-state index contributed by atoms with van der Waals surface area (Å²) >= 11 is 0. The van der Waals surface area contributed by atoms with Gasteiger partial charge in [-0.15, -0.1) is 0 Å². The average molecular weight is 296 g/mol. The number of nitrogens with zero attached hydrogens (tertiary/aromatic N) is 1. The molecule has 5 nitrogen and oxygen atoms in total. The predicted octanol–water partition coefficient (Wildman–Crippen LogP) is 1.14. The van der Waals surface area contributed by atoms with Crippen LogP contribution in [-0.2, 0) is 16.4 Å². The minimum absolute atomic E-state index is 0.101. The van der Waals surface area contributed by atoms with Crippen LogP contribution in [0.15, 0.2) is 24.3 Å².